The number of nitrogens with one attached hydrogen (secondary N) is 1. The van der Waals surface area contributed by atoms with Gasteiger partial charge in [0.2, 0.25) is 5.91 Å². The molecule has 0 atom stereocenters. The topological polar surface area (TPSA) is 92.4 Å². The van der Waals surface area contributed by atoms with Crippen molar-refractivity contribution in [3.63, 3.8) is 0 Å². The summed E-state index contributed by atoms with van der Waals surface area (Å²) in [5, 5.41) is 0. The van der Waals surface area contributed by atoms with E-state index < -0.39 is 5.60 Å². The Labute approximate surface area is 191 Å². The molecule has 170 valence electrons. The summed E-state index contributed by atoms with van der Waals surface area (Å²) in [7, 11) is 0. The second-order valence-corrected chi connectivity index (χ2v) is 9.23. The van der Waals surface area contributed by atoms with Crippen LogP contribution in [0.5, 0.6) is 5.75 Å². The fourth-order valence-electron chi connectivity index (χ4n) is 4.81. The standard InChI is InChI=1S/C26H27N3O4/c1-16-13-18-22(30)15-26(33-23(18)14-17(16)2)9-11-29(12-10-26)24(31)8-7-21-25(32)28-20-6-4-3-5-19(20)27-21/h3-6,13-14H,7-12,15H2,1-2H3,(H,28,32). The zero-order valence-corrected chi connectivity index (χ0v) is 18.9. The van der Waals surface area contributed by atoms with Gasteiger partial charge in [0.1, 0.15) is 17.0 Å². The molecule has 1 saturated heterocycles. The number of carbonyl (C=O) groups is 2. The van der Waals surface area contributed by atoms with E-state index in [2.05, 4.69) is 9.97 Å². The minimum atomic E-state index is -0.542. The number of nitrogens with zero attached hydrogens (tertiary/aromatic N) is 2. The number of aryl methyl sites for hydroxylation is 3. The molecule has 7 heteroatoms. The molecule has 2 aromatic carbocycles. The molecule has 33 heavy (non-hydrogen) atoms. The highest BCUT2D eigenvalue weighted by atomic mass is 16.5. The zero-order valence-electron chi connectivity index (χ0n) is 18.9. The minimum Gasteiger partial charge on any atom is -0.486 e. The van der Waals surface area contributed by atoms with E-state index in [9.17, 15) is 14.4 Å². The van der Waals surface area contributed by atoms with E-state index in [0.29, 0.717) is 66.8 Å². The summed E-state index contributed by atoms with van der Waals surface area (Å²) in [4.78, 5) is 47.0. The molecule has 1 aromatic heterocycles. The average molecular weight is 446 g/mol. The van der Waals surface area contributed by atoms with Crippen molar-refractivity contribution >= 4 is 22.7 Å². The van der Waals surface area contributed by atoms with Crippen molar-refractivity contribution in [2.24, 2.45) is 0 Å². The predicted octanol–water partition coefficient (Wildman–Crippen LogP) is 3.50. The van der Waals surface area contributed by atoms with Crippen LogP contribution in [-0.4, -0.2) is 45.2 Å². The molecule has 0 aliphatic carbocycles. The van der Waals surface area contributed by atoms with Gasteiger partial charge in [-0.3, -0.25) is 14.4 Å². The molecule has 1 spiro atoms. The Kier molecular flexibility index (Phi) is 5.27. The van der Waals surface area contributed by atoms with Crippen molar-refractivity contribution in [3.8, 4) is 5.75 Å². The lowest BCUT2D eigenvalue weighted by atomic mass is 9.82. The van der Waals surface area contributed by atoms with Crippen LogP contribution in [0.25, 0.3) is 11.0 Å². The quantitative estimate of drug-likeness (QED) is 0.666. The lowest BCUT2D eigenvalue weighted by Crippen LogP contribution is -2.52. The number of aromatic amines is 1. The van der Waals surface area contributed by atoms with Gasteiger partial charge in [-0.2, -0.15) is 0 Å². The summed E-state index contributed by atoms with van der Waals surface area (Å²) < 4.78 is 6.37. The Morgan fingerprint density at radius 3 is 2.64 bits per heavy atom. The molecule has 0 radical (unpaired) electrons. The molecule has 1 amide bonds. The molecule has 1 N–H and O–H groups in total. The maximum absolute atomic E-state index is 12.8. The monoisotopic (exact) mass is 445 g/mol. The lowest BCUT2D eigenvalue weighted by Gasteiger charge is -2.44. The number of para-hydroxylation sites is 2. The van der Waals surface area contributed by atoms with Gasteiger partial charge in [-0.25, -0.2) is 4.98 Å². The van der Waals surface area contributed by atoms with Gasteiger partial charge in [0.05, 0.1) is 23.0 Å². The highest BCUT2D eigenvalue weighted by molar-refractivity contribution is 6.00. The molecule has 0 unspecified atom stereocenters. The maximum Gasteiger partial charge on any atom is 0.270 e. The Balaban J connectivity index is 1.23. The minimum absolute atomic E-state index is 0.00628. The van der Waals surface area contributed by atoms with Crippen molar-refractivity contribution in [2.75, 3.05) is 13.1 Å². The summed E-state index contributed by atoms with van der Waals surface area (Å²) in [6, 6.07) is 11.2. The third-order valence-electron chi connectivity index (χ3n) is 6.98. The Bertz CT molecular complexity index is 1320. The number of benzene rings is 2. The lowest BCUT2D eigenvalue weighted by molar-refractivity contribution is -0.134. The molecular weight excluding hydrogens is 418 g/mol. The molecule has 7 nitrogen and oxygen atoms in total. The normalized spacial score (nSPS) is 17.2. The SMILES string of the molecule is Cc1cc2c(cc1C)C(=O)CC1(CCN(C(=O)CCc3nc4ccccc4[nH]c3=O)CC1)O2. The van der Waals surface area contributed by atoms with E-state index in [1.807, 2.05) is 49.1 Å². The number of piperidine rings is 1. The van der Waals surface area contributed by atoms with E-state index in [1.165, 1.54) is 0 Å². The van der Waals surface area contributed by atoms with Gasteiger partial charge in [0.15, 0.2) is 5.78 Å². The summed E-state index contributed by atoms with van der Waals surface area (Å²) >= 11 is 0. The molecular formula is C26H27N3O4. The number of ether oxygens (including phenoxy) is 1. The van der Waals surface area contributed by atoms with Crippen LogP contribution in [0.4, 0.5) is 0 Å². The second kappa shape index (κ2) is 8.14. The van der Waals surface area contributed by atoms with Gasteiger partial charge in [0, 0.05) is 38.8 Å². The van der Waals surface area contributed by atoms with Crippen molar-refractivity contribution in [2.45, 2.75) is 51.6 Å². The van der Waals surface area contributed by atoms with Crippen LogP contribution in [0.1, 0.15) is 52.9 Å². The number of hydrogen-bond donors (Lipinski definition) is 1. The van der Waals surface area contributed by atoms with Crippen LogP contribution in [0.2, 0.25) is 0 Å². The highest BCUT2D eigenvalue weighted by Gasteiger charge is 2.43. The Hall–Kier alpha value is -3.48. The number of amides is 1. The summed E-state index contributed by atoms with van der Waals surface area (Å²) in [6.07, 6.45) is 2.10. The van der Waals surface area contributed by atoms with Crippen molar-refractivity contribution in [1.29, 1.82) is 0 Å². The number of fused-ring (bicyclic) bond motifs is 2. The number of aromatic nitrogens is 2. The first kappa shape index (κ1) is 21.4. The molecule has 2 aliphatic heterocycles. The fourth-order valence-corrected chi connectivity index (χ4v) is 4.81. The van der Waals surface area contributed by atoms with Crippen LogP contribution >= 0.6 is 0 Å². The Morgan fingerprint density at radius 1 is 1.12 bits per heavy atom. The third-order valence-corrected chi connectivity index (χ3v) is 6.98. The summed E-state index contributed by atoms with van der Waals surface area (Å²) in [6.45, 7) is 5.09. The van der Waals surface area contributed by atoms with E-state index in [0.717, 1.165) is 11.1 Å². The number of rotatable bonds is 3. The van der Waals surface area contributed by atoms with E-state index in [4.69, 9.17) is 4.74 Å². The second-order valence-electron chi connectivity index (χ2n) is 9.23. The summed E-state index contributed by atoms with van der Waals surface area (Å²) in [5.41, 5.74) is 3.83. The van der Waals surface area contributed by atoms with E-state index in [1.54, 1.807) is 6.07 Å². The summed E-state index contributed by atoms with van der Waals surface area (Å²) in [5.74, 6) is 0.768. The first-order chi connectivity index (χ1) is 15.8. The molecule has 5 rings (SSSR count). The van der Waals surface area contributed by atoms with Gasteiger partial charge in [-0.05, 0) is 49.2 Å². The third kappa shape index (κ3) is 4.03. The molecule has 3 heterocycles. The number of hydrogen-bond acceptors (Lipinski definition) is 5. The van der Waals surface area contributed by atoms with Gasteiger partial charge < -0.3 is 14.6 Å². The first-order valence-electron chi connectivity index (χ1n) is 11.4. The van der Waals surface area contributed by atoms with Gasteiger partial charge >= 0.3 is 0 Å². The number of ketones is 1. The first-order valence-corrected chi connectivity index (χ1v) is 11.4. The maximum atomic E-state index is 12.8. The van der Waals surface area contributed by atoms with Crippen molar-refractivity contribution in [1.82, 2.24) is 14.9 Å². The number of Topliss-reactive ketones (excluding diaryl/α,β-unsaturated/α-hetero) is 1. The predicted molar refractivity (Wildman–Crippen MR) is 125 cm³/mol. The van der Waals surface area contributed by atoms with Gasteiger partial charge in [-0.1, -0.05) is 12.1 Å². The van der Waals surface area contributed by atoms with Crippen molar-refractivity contribution < 1.29 is 14.3 Å². The molecule has 1 fully saturated rings. The molecule has 0 bridgehead atoms. The van der Waals surface area contributed by atoms with E-state index >= 15 is 0 Å². The van der Waals surface area contributed by atoms with Crippen LogP contribution in [0.3, 0.4) is 0 Å². The van der Waals surface area contributed by atoms with Crippen LogP contribution in [-0.2, 0) is 11.2 Å². The number of likely N-dealkylation sites (tertiary alicyclic amines) is 1. The molecule has 0 saturated carbocycles. The smallest absolute Gasteiger partial charge is 0.270 e. The fraction of sp³-hybridized carbons (Fsp3) is 0.385. The highest BCUT2D eigenvalue weighted by Crippen LogP contribution is 2.40. The number of H-pyrrole nitrogens is 1. The van der Waals surface area contributed by atoms with Crippen LogP contribution < -0.4 is 10.3 Å². The molecule has 2 aliphatic rings. The van der Waals surface area contributed by atoms with Gasteiger partial charge in [0.25, 0.3) is 5.56 Å². The van der Waals surface area contributed by atoms with E-state index in [-0.39, 0.29) is 23.7 Å². The molecule has 3 aromatic rings. The van der Waals surface area contributed by atoms with Crippen LogP contribution in [0.15, 0.2) is 41.2 Å². The van der Waals surface area contributed by atoms with Crippen molar-refractivity contribution in [3.05, 3.63) is 69.1 Å². The zero-order chi connectivity index (χ0) is 23.2. The van der Waals surface area contributed by atoms with Gasteiger partial charge in [-0.15, -0.1) is 0 Å². The average Bonchev–Trinajstić information content (AvgIpc) is 2.79. The number of carbonyl (C=O) groups excluding carboxylic acids is 2. The van der Waals surface area contributed by atoms with Crippen LogP contribution in [0, 0.1) is 13.8 Å². The Morgan fingerprint density at radius 2 is 1.85 bits per heavy atom. The largest absolute Gasteiger partial charge is 0.486 e.